The fraction of sp³-hybridized carbons (Fsp3) is 0.154. The van der Waals surface area contributed by atoms with Gasteiger partial charge in [-0.3, -0.25) is 4.57 Å². The van der Waals surface area contributed by atoms with E-state index in [0.29, 0.717) is 22.9 Å². The van der Waals surface area contributed by atoms with E-state index in [2.05, 4.69) is 15.0 Å². The van der Waals surface area contributed by atoms with Crippen LogP contribution >= 0.6 is 23.2 Å². The summed E-state index contributed by atoms with van der Waals surface area (Å²) < 4.78 is 20.9. The van der Waals surface area contributed by atoms with Crippen molar-refractivity contribution in [1.29, 1.82) is 0 Å². The maximum absolute atomic E-state index is 14.3. The highest BCUT2D eigenvalue weighted by atomic mass is 35.5. The van der Waals surface area contributed by atoms with Crippen LogP contribution in [-0.2, 0) is 5.88 Å². The summed E-state index contributed by atoms with van der Waals surface area (Å²) in [5.74, 6) is 0.229. The van der Waals surface area contributed by atoms with E-state index in [1.807, 2.05) is 0 Å². The lowest BCUT2D eigenvalue weighted by Crippen LogP contribution is -2.03. The Labute approximate surface area is 129 Å². The Hall–Kier alpha value is -1.92. The maximum Gasteiger partial charge on any atom is 0.245 e. The highest BCUT2D eigenvalue weighted by molar-refractivity contribution is 6.30. The predicted octanol–water partition coefficient (Wildman–Crippen LogP) is 3.36. The Morgan fingerprint density at radius 2 is 2.14 bits per heavy atom. The lowest BCUT2D eigenvalue weighted by atomic mass is 10.3. The number of hydrogen-bond donors (Lipinski definition) is 0. The molecule has 0 N–H and O–H groups in total. The number of halogens is 3. The first-order valence-electron chi connectivity index (χ1n) is 5.94. The number of alkyl halides is 1. The summed E-state index contributed by atoms with van der Waals surface area (Å²) in [5, 5.41) is 0.0101. The maximum atomic E-state index is 14.3. The minimum absolute atomic E-state index is 0.0101. The van der Waals surface area contributed by atoms with Crippen LogP contribution in [0.15, 0.2) is 24.5 Å². The number of aromatic nitrogens is 4. The van der Waals surface area contributed by atoms with Crippen molar-refractivity contribution in [3.63, 3.8) is 0 Å². The van der Waals surface area contributed by atoms with Gasteiger partial charge in [-0.25, -0.2) is 14.4 Å². The molecule has 0 atom stereocenters. The smallest absolute Gasteiger partial charge is 0.245 e. The minimum Gasteiger partial charge on any atom is -0.479 e. The Balaban J connectivity index is 2.38. The summed E-state index contributed by atoms with van der Waals surface area (Å²) in [6.07, 6.45) is 1.32. The van der Waals surface area contributed by atoms with E-state index in [0.717, 1.165) is 0 Å². The monoisotopic (exact) mass is 326 g/mol. The Morgan fingerprint density at radius 3 is 2.86 bits per heavy atom. The van der Waals surface area contributed by atoms with Gasteiger partial charge in [-0.2, -0.15) is 4.98 Å². The summed E-state index contributed by atoms with van der Waals surface area (Å²) in [6.45, 7) is 0. The average Bonchev–Trinajstić information content (AvgIpc) is 2.88. The van der Waals surface area contributed by atoms with Crippen LogP contribution in [0.2, 0.25) is 5.02 Å². The van der Waals surface area contributed by atoms with Crippen LogP contribution in [0, 0.1) is 5.82 Å². The first kappa shape index (κ1) is 14.0. The van der Waals surface area contributed by atoms with Crippen molar-refractivity contribution in [2.45, 2.75) is 5.88 Å². The molecule has 108 valence electrons. The molecule has 0 unspecified atom stereocenters. The molecule has 0 spiro atoms. The Kier molecular flexibility index (Phi) is 3.65. The topological polar surface area (TPSA) is 52.8 Å². The molecule has 8 heteroatoms. The molecule has 0 fully saturated rings. The zero-order chi connectivity index (χ0) is 15.0. The molecule has 0 aliphatic carbocycles. The van der Waals surface area contributed by atoms with Crippen LogP contribution in [0.5, 0.6) is 5.88 Å². The normalized spacial score (nSPS) is 11.0. The first-order chi connectivity index (χ1) is 10.2. The van der Waals surface area contributed by atoms with Crippen molar-refractivity contribution < 1.29 is 9.13 Å². The van der Waals surface area contributed by atoms with Crippen molar-refractivity contribution in [2.24, 2.45) is 0 Å². The van der Waals surface area contributed by atoms with Gasteiger partial charge >= 0.3 is 0 Å². The van der Waals surface area contributed by atoms with E-state index in [1.54, 1.807) is 12.1 Å². The van der Waals surface area contributed by atoms with Crippen LogP contribution < -0.4 is 4.74 Å². The summed E-state index contributed by atoms with van der Waals surface area (Å²) in [4.78, 5) is 12.4. The number of benzene rings is 1. The third-order valence-corrected chi connectivity index (χ3v) is 3.50. The summed E-state index contributed by atoms with van der Waals surface area (Å²) in [6, 6.07) is 4.69. The third-order valence-electron chi connectivity index (χ3n) is 2.97. The van der Waals surface area contributed by atoms with Gasteiger partial charge in [0.05, 0.1) is 23.7 Å². The molecule has 3 rings (SSSR count). The van der Waals surface area contributed by atoms with Gasteiger partial charge in [0.15, 0.2) is 17.0 Å². The van der Waals surface area contributed by atoms with Crippen molar-refractivity contribution in [3.8, 4) is 11.6 Å². The van der Waals surface area contributed by atoms with Crippen LogP contribution in [0.3, 0.4) is 0 Å². The number of rotatable bonds is 3. The van der Waals surface area contributed by atoms with E-state index in [9.17, 15) is 4.39 Å². The molecule has 2 heterocycles. The van der Waals surface area contributed by atoms with Crippen LogP contribution in [0.25, 0.3) is 16.9 Å². The van der Waals surface area contributed by atoms with Crippen LogP contribution in [0.4, 0.5) is 4.39 Å². The molecule has 21 heavy (non-hydrogen) atoms. The number of imidazole rings is 1. The Bertz CT molecular complexity index is 821. The second-order valence-electron chi connectivity index (χ2n) is 4.13. The quantitative estimate of drug-likeness (QED) is 0.692. The molecule has 0 aliphatic heterocycles. The molecule has 5 nitrogen and oxygen atoms in total. The molecule has 0 amide bonds. The van der Waals surface area contributed by atoms with E-state index in [1.165, 1.54) is 24.1 Å². The minimum atomic E-state index is -0.567. The fourth-order valence-corrected chi connectivity index (χ4v) is 2.42. The standard InChI is InChI=1S/C13H9Cl2FN4O/c1-21-13-11-12(17-6-18-13)20(9(5-14)19-11)8-4-2-3-7(15)10(8)16/h2-4,6H,5H2,1H3. The number of fused-ring (bicyclic) bond motifs is 1. The summed E-state index contributed by atoms with van der Waals surface area (Å²) in [7, 11) is 1.47. The van der Waals surface area contributed by atoms with Gasteiger partial charge in [-0.15, -0.1) is 11.6 Å². The first-order valence-corrected chi connectivity index (χ1v) is 6.85. The van der Waals surface area contributed by atoms with Gasteiger partial charge in [0.2, 0.25) is 5.88 Å². The molecule has 3 aromatic rings. The van der Waals surface area contributed by atoms with E-state index in [-0.39, 0.29) is 16.6 Å². The lowest BCUT2D eigenvalue weighted by molar-refractivity contribution is 0.401. The van der Waals surface area contributed by atoms with Crippen molar-refractivity contribution in [3.05, 3.63) is 41.2 Å². The number of methoxy groups -OCH3 is 1. The number of hydrogen-bond acceptors (Lipinski definition) is 4. The molecule has 2 aromatic heterocycles. The van der Waals surface area contributed by atoms with Gasteiger partial charge in [-0.1, -0.05) is 17.7 Å². The van der Waals surface area contributed by atoms with Crippen molar-refractivity contribution in [2.75, 3.05) is 7.11 Å². The third kappa shape index (κ3) is 2.20. The molecule has 0 aliphatic rings. The molecule has 0 radical (unpaired) electrons. The predicted molar refractivity (Wildman–Crippen MR) is 77.7 cm³/mol. The lowest BCUT2D eigenvalue weighted by Gasteiger charge is -2.09. The highest BCUT2D eigenvalue weighted by Crippen LogP contribution is 2.29. The van der Waals surface area contributed by atoms with Crippen molar-refractivity contribution in [1.82, 2.24) is 19.5 Å². The van der Waals surface area contributed by atoms with Crippen LogP contribution in [-0.4, -0.2) is 26.6 Å². The van der Waals surface area contributed by atoms with Gasteiger partial charge in [0.25, 0.3) is 0 Å². The number of ether oxygens (including phenoxy) is 1. The second kappa shape index (κ2) is 5.46. The number of nitrogens with zero attached hydrogens (tertiary/aromatic N) is 4. The molecule has 0 saturated carbocycles. The summed E-state index contributed by atoms with van der Waals surface area (Å²) >= 11 is 11.8. The second-order valence-corrected chi connectivity index (χ2v) is 4.80. The zero-order valence-electron chi connectivity index (χ0n) is 10.8. The highest BCUT2D eigenvalue weighted by Gasteiger charge is 2.20. The average molecular weight is 327 g/mol. The summed E-state index contributed by atoms with van der Waals surface area (Å²) in [5.41, 5.74) is 1.04. The van der Waals surface area contributed by atoms with Gasteiger partial charge in [0.1, 0.15) is 12.2 Å². The zero-order valence-corrected chi connectivity index (χ0v) is 12.4. The fourth-order valence-electron chi connectivity index (χ4n) is 2.07. The Morgan fingerprint density at radius 1 is 1.33 bits per heavy atom. The van der Waals surface area contributed by atoms with E-state index in [4.69, 9.17) is 27.9 Å². The van der Waals surface area contributed by atoms with Gasteiger partial charge < -0.3 is 4.74 Å². The van der Waals surface area contributed by atoms with Crippen molar-refractivity contribution >= 4 is 34.4 Å². The van der Waals surface area contributed by atoms with E-state index < -0.39 is 5.82 Å². The molecule has 0 saturated heterocycles. The largest absolute Gasteiger partial charge is 0.479 e. The van der Waals surface area contributed by atoms with Crippen LogP contribution in [0.1, 0.15) is 5.82 Å². The molecular weight excluding hydrogens is 318 g/mol. The van der Waals surface area contributed by atoms with Gasteiger partial charge in [0, 0.05) is 0 Å². The molecular formula is C13H9Cl2FN4O. The SMILES string of the molecule is COc1ncnc2c1nc(CCl)n2-c1cccc(Cl)c1F. The molecule has 1 aromatic carbocycles. The van der Waals surface area contributed by atoms with Gasteiger partial charge in [-0.05, 0) is 12.1 Å². The van der Waals surface area contributed by atoms with E-state index >= 15 is 0 Å². The molecule has 0 bridgehead atoms.